The predicted molar refractivity (Wildman–Crippen MR) is 86.7 cm³/mol. The lowest BCUT2D eigenvalue weighted by Gasteiger charge is -2.32. The maximum Gasteiger partial charge on any atom is 0.270 e. The highest BCUT2D eigenvalue weighted by atomic mass is 35.5. The van der Waals surface area contributed by atoms with Crippen LogP contribution in [0.3, 0.4) is 0 Å². The molecule has 1 aliphatic carbocycles. The summed E-state index contributed by atoms with van der Waals surface area (Å²) >= 11 is 6.11. The Balaban J connectivity index is 2.21. The van der Waals surface area contributed by atoms with E-state index in [1.165, 1.54) is 0 Å². The Morgan fingerprint density at radius 1 is 1.52 bits per heavy atom. The Hall–Kier alpha value is -1.00. The topological polar surface area (TPSA) is 51.3 Å². The molecule has 1 aromatic heterocycles. The third kappa shape index (κ3) is 4.01. The Morgan fingerprint density at radius 3 is 2.71 bits per heavy atom. The van der Waals surface area contributed by atoms with Gasteiger partial charge in [-0.15, -0.1) is 0 Å². The number of carbonyl (C=O) groups is 1. The van der Waals surface area contributed by atoms with Crippen LogP contribution in [0, 0.1) is 5.41 Å². The highest BCUT2D eigenvalue weighted by molar-refractivity contribution is 6.31. The van der Waals surface area contributed by atoms with Crippen LogP contribution in [-0.4, -0.2) is 35.0 Å². The number of amides is 1. The molecule has 0 bridgehead atoms. The van der Waals surface area contributed by atoms with Gasteiger partial charge in [-0.05, 0) is 37.3 Å². The first-order chi connectivity index (χ1) is 9.88. The first-order valence-electron chi connectivity index (χ1n) is 7.74. The monoisotopic (exact) mass is 311 g/mol. The Bertz CT molecular complexity index is 506. The predicted octanol–water partition coefficient (Wildman–Crippen LogP) is 3.31. The van der Waals surface area contributed by atoms with Crippen molar-refractivity contribution in [1.29, 1.82) is 0 Å². The number of hydrogen-bond donors (Lipinski definition) is 1. The van der Waals surface area contributed by atoms with Crippen LogP contribution >= 0.6 is 11.6 Å². The lowest BCUT2D eigenvalue weighted by Crippen LogP contribution is -2.43. The Morgan fingerprint density at radius 2 is 2.19 bits per heavy atom. The molecule has 0 unspecified atom stereocenters. The third-order valence-corrected chi connectivity index (χ3v) is 4.13. The van der Waals surface area contributed by atoms with Crippen LogP contribution in [0.2, 0.25) is 5.02 Å². The molecule has 2 N–H and O–H groups in total. The van der Waals surface area contributed by atoms with E-state index in [1.54, 1.807) is 6.07 Å². The number of nitrogens with two attached hydrogens (primary N) is 1. The highest BCUT2D eigenvalue weighted by Gasteiger charge is 2.31. The first-order valence-corrected chi connectivity index (χ1v) is 8.12. The summed E-state index contributed by atoms with van der Waals surface area (Å²) in [7, 11) is 0. The van der Waals surface area contributed by atoms with Gasteiger partial charge in [-0.3, -0.25) is 4.79 Å². The van der Waals surface area contributed by atoms with Gasteiger partial charge in [-0.25, -0.2) is 0 Å². The standard InChI is InChI=1S/C16H26ClN3O/c1-4-7-19(11-16(2,3)10-18)15(21)14-8-12(17)9-20(14)13-5-6-13/h8-9,13H,4-7,10-11,18H2,1-3H3. The van der Waals surface area contributed by atoms with Gasteiger partial charge in [0.05, 0.1) is 5.02 Å². The lowest BCUT2D eigenvalue weighted by molar-refractivity contribution is 0.0678. The van der Waals surface area contributed by atoms with Crippen LogP contribution in [0.25, 0.3) is 0 Å². The normalized spacial score (nSPS) is 15.3. The van der Waals surface area contributed by atoms with E-state index in [4.69, 9.17) is 17.3 Å². The van der Waals surface area contributed by atoms with E-state index in [0.717, 1.165) is 25.8 Å². The number of halogens is 1. The molecule has 0 radical (unpaired) electrons. The number of rotatable bonds is 7. The minimum absolute atomic E-state index is 0.0668. The molecule has 2 rings (SSSR count). The van der Waals surface area contributed by atoms with Gasteiger partial charge < -0.3 is 15.2 Å². The van der Waals surface area contributed by atoms with Crippen molar-refractivity contribution in [3.63, 3.8) is 0 Å². The van der Waals surface area contributed by atoms with Gasteiger partial charge in [0.2, 0.25) is 0 Å². The van der Waals surface area contributed by atoms with Crippen molar-refractivity contribution in [3.05, 3.63) is 23.0 Å². The van der Waals surface area contributed by atoms with E-state index in [9.17, 15) is 4.79 Å². The second kappa shape index (κ2) is 6.41. The fraction of sp³-hybridized carbons (Fsp3) is 0.688. The summed E-state index contributed by atoms with van der Waals surface area (Å²) in [5, 5.41) is 0.639. The van der Waals surface area contributed by atoms with Gasteiger partial charge in [0.1, 0.15) is 5.69 Å². The quantitative estimate of drug-likeness (QED) is 0.840. The summed E-state index contributed by atoms with van der Waals surface area (Å²) in [6.45, 7) is 8.25. The van der Waals surface area contributed by atoms with Crippen molar-refractivity contribution >= 4 is 17.5 Å². The molecule has 21 heavy (non-hydrogen) atoms. The smallest absolute Gasteiger partial charge is 0.270 e. The molecule has 1 aliphatic rings. The van der Waals surface area contributed by atoms with Crippen molar-refractivity contribution < 1.29 is 4.79 Å². The molecular weight excluding hydrogens is 286 g/mol. The van der Waals surface area contributed by atoms with E-state index >= 15 is 0 Å². The van der Waals surface area contributed by atoms with Gasteiger partial charge in [0.25, 0.3) is 5.91 Å². The van der Waals surface area contributed by atoms with Gasteiger partial charge >= 0.3 is 0 Å². The summed E-state index contributed by atoms with van der Waals surface area (Å²) in [5.74, 6) is 0.0668. The molecule has 0 aliphatic heterocycles. The van der Waals surface area contributed by atoms with Crippen molar-refractivity contribution in [2.24, 2.45) is 11.1 Å². The van der Waals surface area contributed by atoms with E-state index in [-0.39, 0.29) is 11.3 Å². The summed E-state index contributed by atoms with van der Waals surface area (Å²) in [4.78, 5) is 14.8. The molecule has 1 saturated carbocycles. The molecule has 0 aromatic carbocycles. The molecule has 4 nitrogen and oxygen atoms in total. The molecule has 0 saturated heterocycles. The lowest BCUT2D eigenvalue weighted by atomic mass is 9.93. The van der Waals surface area contributed by atoms with Crippen molar-refractivity contribution in [1.82, 2.24) is 9.47 Å². The first kappa shape index (κ1) is 16.4. The number of carbonyl (C=O) groups excluding carboxylic acids is 1. The average molecular weight is 312 g/mol. The fourth-order valence-electron chi connectivity index (χ4n) is 2.54. The maximum absolute atomic E-state index is 12.9. The van der Waals surface area contributed by atoms with Gasteiger partial charge in [-0.2, -0.15) is 0 Å². The minimum Gasteiger partial charge on any atom is -0.339 e. The second-order valence-corrected chi connectivity index (χ2v) is 7.21. The molecule has 5 heteroatoms. The summed E-state index contributed by atoms with van der Waals surface area (Å²) < 4.78 is 2.04. The van der Waals surface area contributed by atoms with Crippen LogP contribution in [0.15, 0.2) is 12.3 Å². The maximum atomic E-state index is 12.9. The van der Waals surface area contributed by atoms with Crippen LogP contribution in [-0.2, 0) is 0 Å². The van der Waals surface area contributed by atoms with Crippen molar-refractivity contribution in [2.75, 3.05) is 19.6 Å². The van der Waals surface area contributed by atoms with Gasteiger partial charge in [-0.1, -0.05) is 32.4 Å². The van der Waals surface area contributed by atoms with Crippen LogP contribution < -0.4 is 5.73 Å². The fourth-order valence-corrected chi connectivity index (χ4v) is 2.75. The van der Waals surface area contributed by atoms with Crippen LogP contribution in [0.1, 0.15) is 56.6 Å². The molecule has 1 aromatic rings. The van der Waals surface area contributed by atoms with Crippen LogP contribution in [0.4, 0.5) is 0 Å². The Labute approximate surface area is 132 Å². The van der Waals surface area contributed by atoms with Gasteiger partial charge in [0, 0.05) is 25.3 Å². The largest absolute Gasteiger partial charge is 0.339 e. The second-order valence-electron chi connectivity index (χ2n) is 6.78. The van der Waals surface area contributed by atoms with Crippen molar-refractivity contribution in [3.8, 4) is 0 Å². The number of hydrogen-bond acceptors (Lipinski definition) is 2. The SMILES string of the molecule is CCCN(CC(C)(C)CN)C(=O)c1cc(Cl)cn1C1CC1. The highest BCUT2D eigenvalue weighted by Crippen LogP contribution is 2.37. The summed E-state index contributed by atoms with van der Waals surface area (Å²) in [5.41, 5.74) is 6.45. The average Bonchev–Trinajstić information content (AvgIpc) is 3.20. The van der Waals surface area contributed by atoms with E-state index in [0.29, 0.717) is 29.8 Å². The minimum atomic E-state index is -0.0777. The molecule has 1 heterocycles. The zero-order chi connectivity index (χ0) is 15.6. The van der Waals surface area contributed by atoms with Crippen LogP contribution in [0.5, 0.6) is 0 Å². The molecular formula is C16H26ClN3O. The molecule has 0 atom stereocenters. The van der Waals surface area contributed by atoms with E-state index in [2.05, 4.69) is 20.8 Å². The molecule has 0 spiro atoms. The number of nitrogens with zero attached hydrogens (tertiary/aromatic N) is 2. The number of aromatic nitrogens is 1. The Kier molecular flexibility index (Phi) is 4.99. The van der Waals surface area contributed by atoms with E-state index < -0.39 is 0 Å². The zero-order valence-electron chi connectivity index (χ0n) is 13.2. The summed E-state index contributed by atoms with van der Waals surface area (Å²) in [6.07, 6.45) is 5.08. The van der Waals surface area contributed by atoms with Crippen molar-refractivity contribution in [2.45, 2.75) is 46.1 Å². The molecule has 1 fully saturated rings. The molecule has 1 amide bonds. The van der Waals surface area contributed by atoms with E-state index in [1.807, 2.05) is 15.7 Å². The summed E-state index contributed by atoms with van der Waals surface area (Å²) in [6, 6.07) is 2.24. The van der Waals surface area contributed by atoms with Gasteiger partial charge in [0.15, 0.2) is 0 Å². The molecule has 118 valence electrons. The third-order valence-electron chi connectivity index (χ3n) is 3.93. The zero-order valence-corrected chi connectivity index (χ0v) is 14.0.